The van der Waals surface area contributed by atoms with Crippen molar-refractivity contribution in [3.05, 3.63) is 128 Å². The predicted octanol–water partition coefficient (Wildman–Crippen LogP) is 6.07. The number of aryl methyl sites for hydroxylation is 1. The Hall–Kier alpha value is -4.40. The number of amides is 2. The van der Waals surface area contributed by atoms with E-state index in [0.29, 0.717) is 52.3 Å². The van der Waals surface area contributed by atoms with Crippen molar-refractivity contribution in [1.29, 1.82) is 0 Å². The van der Waals surface area contributed by atoms with Crippen LogP contribution in [-0.2, 0) is 32.7 Å². The Morgan fingerprint density at radius 2 is 1.72 bits per heavy atom. The fourth-order valence-electron chi connectivity index (χ4n) is 4.56. The first kappa shape index (κ1) is 33.0. The third-order valence-electron chi connectivity index (χ3n) is 6.82. The molecule has 12 heteroatoms. The molecule has 0 fully saturated rings. The third-order valence-corrected chi connectivity index (χ3v) is 8.52. The van der Waals surface area contributed by atoms with Crippen LogP contribution in [-0.4, -0.2) is 27.0 Å². The molecule has 5 rings (SSSR count). The van der Waals surface area contributed by atoms with Crippen LogP contribution in [0.4, 0.5) is 0 Å². The Labute approximate surface area is 280 Å². The topological polar surface area (TPSA) is 129 Å². The van der Waals surface area contributed by atoms with E-state index >= 15 is 0 Å². The van der Waals surface area contributed by atoms with Crippen molar-refractivity contribution < 1.29 is 37.1 Å². The zero-order valence-electron chi connectivity index (χ0n) is 24.8. The Kier molecular flexibility index (Phi) is 10.9. The highest BCUT2D eigenvalue weighted by Gasteiger charge is 2.29. The lowest BCUT2D eigenvalue weighted by atomic mass is 10.0. The van der Waals surface area contributed by atoms with Gasteiger partial charge in [-0.05, 0) is 94.2 Å². The molecule has 46 heavy (non-hydrogen) atoms. The summed E-state index contributed by atoms with van der Waals surface area (Å²) in [5.41, 5.74) is 5.33. The van der Waals surface area contributed by atoms with Crippen LogP contribution in [0.5, 0.6) is 17.2 Å². The summed E-state index contributed by atoms with van der Waals surface area (Å²) in [7, 11) is -4.20. The lowest BCUT2D eigenvalue weighted by Crippen LogP contribution is -2.36. The van der Waals surface area contributed by atoms with Crippen LogP contribution in [0.3, 0.4) is 0 Å². The van der Waals surface area contributed by atoms with Gasteiger partial charge in [0.15, 0.2) is 11.5 Å². The molecular weight excluding hydrogens is 723 g/mol. The normalized spacial score (nSPS) is 12.9. The number of ether oxygens (including phenoxy) is 3. The van der Waals surface area contributed by atoms with Crippen LogP contribution in [0.15, 0.2) is 96.4 Å². The monoisotopic (exact) mass is 754 g/mol. The van der Waals surface area contributed by atoms with Gasteiger partial charge < -0.3 is 14.2 Å². The molecule has 0 saturated carbocycles. The summed E-state index contributed by atoms with van der Waals surface area (Å²) in [5.74, 6) is -0.155. The fraction of sp³-hybridized carbons (Fsp3) is 0.176. The first-order valence-electron chi connectivity index (χ1n) is 14.4. The lowest BCUT2D eigenvalue weighted by Gasteiger charge is -2.21. The highest BCUT2D eigenvalue weighted by Crippen LogP contribution is 2.36. The number of carbonyl (C=O) groups excluding carboxylic acids is 2. The largest absolute Gasteiger partial charge is 0.475 e. The van der Waals surface area contributed by atoms with Crippen molar-refractivity contribution in [3.8, 4) is 17.2 Å². The van der Waals surface area contributed by atoms with E-state index in [4.69, 9.17) is 19.0 Å². The molecule has 1 unspecified atom stereocenters. The molecule has 2 amide bonds. The summed E-state index contributed by atoms with van der Waals surface area (Å²) in [5, 5.41) is 0.930. The van der Waals surface area contributed by atoms with E-state index in [1.165, 1.54) is 6.08 Å². The highest BCUT2D eigenvalue weighted by molar-refractivity contribution is 14.1. The fourth-order valence-corrected chi connectivity index (χ4v) is 5.72. The number of hydroxylamine groups is 1. The average molecular weight is 755 g/mol. The quantitative estimate of drug-likeness (QED) is 0.124. The Morgan fingerprint density at radius 1 is 0.957 bits per heavy atom. The van der Waals surface area contributed by atoms with E-state index < -0.39 is 27.9 Å². The van der Waals surface area contributed by atoms with E-state index in [-0.39, 0.29) is 13.4 Å². The number of halogens is 1. The van der Waals surface area contributed by atoms with Crippen molar-refractivity contribution >= 4 is 50.5 Å². The maximum absolute atomic E-state index is 13.6. The Morgan fingerprint density at radius 3 is 2.48 bits per heavy atom. The second kappa shape index (κ2) is 15.3. The van der Waals surface area contributed by atoms with Crippen LogP contribution in [0.25, 0.3) is 6.08 Å². The predicted molar refractivity (Wildman–Crippen MR) is 180 cm³/mol. The number of sulfonamides is 1. The summed E-state index contributed by atoms with van der Waals surface area (Å²) in [6, 6.07) is 26.2. The van der Waals surface area contributed by atoms with Gasteiger partial charge in [0.25, 0.3) is 21.8 Å². The number of hydrogen-bond donors (Lipinski definition) is 2. The van der Waals surface area contributed by atoms with E-state index in [0.717, 1.165) is 14.5 Å². The van der Waals surface area contributed by atoms with Gasteiger partial charge in [0.1, 0.15) is 5.75 Å². The summed E-state index contributed by atoms with van der Waals surface area (Å²) in [4.78, 5) is 31.8. The molecule has 1 atom stereocenters. The van der Waals surface area contributed by atoms with Gasteiger partial charge in [0, 0.05) is 14.7 Å². The molecule has 1 heterocycles. The smallest absolute Gasteiger partial charge is 0.279 e. The van der Waals surface area contributed by atoms with E-state index in [9.17, 15) is 18.0 Å². The van der Waals surface area contributed by atoms with Crippen LogP contribution in [0.1, 0.15) is 52.1 Å². The molecule has 10 nitrogen and oxygen atoms in total. The molecular formula is C34H31IN2O8S. The summed E-state index contributed by atoms with van der Waals surface area (Å²) < 4.78 is 46.1. The lowest BCUT2D eigenvalue weighted by molar-refractivity contribution is -0.126. The second-order valence-electron chi connectivity index (χ2n) is 10.3. The minimum Gasteiger partial charge on any atom is -0.475 e. The van der Waals surface area contributed by atoms with Crippen LogP contribution in [0, 0.1) is 3.57 Å². The molecule has 0 spiro atoms. The molecule has 0 radical (unpaired) electrons. The van der Waals surface area contributed by atoms with Crippen molar-refractivity contribution in [1.82, 2.24) is 10.2 Å². The van der Waals surface area contributed by atoms with Gasteiger partial charge in [-0.3, -0.25) is 14.4 Å². The van der Waals surface area contributed by atoms with Crippen molar-refractivity contribution in [2.45, 2.75) is 32.5 Å². The average Bonchev–Trinajstić information content (AvgIpc) is 3.52. The third kappa shape index (κ3) is 8.86. The van der Waals surface area contributed by atoms with Crippen LogP contribution < -0.4 is 24.4 Å². The Balaban J connectivity index is 1.37. The van der Waals surface area contributed by atoms with Crippen molar-refractivity contribution in [2.75, 3.05) is 6.79 Å². The molecule has 0 saturated heterocycles. The van der Waals surface area contributed by atoms with E-state index in [1.807, 2.05) is 49.4 Å². The number of rotatable bonds is 13. The van der Waals surface area contributed by atoms with Crippen molar-refractivity contribution in [3.63, 3.8) is 0 Å². The maximum atomic E-state index is 13.6. The summed E-state index contributed by atoms with van der Waals surface area (Å²) >= 11 is 2.15. The maximum Gasteiger partial charge on any atom is 0.279 e. The molecule has 1 aliphatic heterocycles. The number of carbonyl (C=O) groups is 2. The van der Waals surface area contributed by atoms with Gasteiger partial charge in [-0.2, -0.15) is 0 Å². The minimum atomic E-state index is -4.20. The minimum absolute atomic E-state index is 0.0213. The van der Waals surface area contributed by atoms with E-state index in [1.54, 1.807) is 48.5 Å². The molecule has 0 aromatic heterocycles. The van der Waals surface area contributed by atoms with E-state index in [2.05, 4.69) is 32.8 Å². The van der Waals surface area contributed by atoms with Gasteiger partial charge in [-0.1, -0.05) is 61.9 Å². The Bertz CT molecular complexity index is 1830. The first-order chi connectivity index (χ1) is 22.2. The number of benzene rings is 4. The molecule has 4 aromatic carbocycles. The number of hydrogen-bond acceptors (Lipinski definition) is 8. The highest BCUT2D eigenvalue weighted by atomic mass is 127. The number of fused-ring (bicyclic) bond motifs is 1. The van der Waals surface area contributed by atoms with Gasteiger partial charge in [0.05, 0.1) is 12.0 Å². The standard InChI is InChI=1S/C34H31IN2O8S/c1-2-6-25-19-27(33(38)36-44-21-24-7-4-3-5-8-24)12-15-29(25)45-32(26-11-16-30-31(20-26)43-22-42-30)34(39)37-46(40,41)18-17-23-9-13-28(35)14-10-23/h3-5,7-20,32H,2,6,21-22H2,1H3,(H,36,38)(H,37,39)/b18-17+. The summed E-state index contributed by atoms with van der Waals surface area (Å²) in [6.45, 7) is 2.19. The molecule has 0 bridgehead atoms. The molecule has 1 aliphatic rings. The first-order valence-corrected chi connectivity index (χ1v) is 17.0. The molecule has 4 aromatic rings. The molecule has 238 valence electrons. The van der Waals surface area contributed by atoms with Gasteiger partial charge in [-0.15, -0.1) is 0 Å². The van der Waals surface area contributed by atoms with Gasteiger partial charge in [0.2, 0.25) is 12.9 Å². The summed E-state index contributed by atoms with van der Waals surface area (Å²) in [6.07, 6.45) is 1.24. The SMILES string of the molecule is CCCc1cc(C(=O)NOCc2ccccc2)ccc1OC(C(=O)NS(=O)(=O)/C=C/c1ccc(I)cc1)c1ccc2c(c1)OCO2. The van der Waals surface area contributed by atoms with Gasteiger partial charge >= 0.3 is 0 Å². The molecule has 0 aliphatic carbocycles. The van der Waals surface area contributed by atoms with Crippen LogP contribution in [0.2, 0.25) is 0 Å². The zero-order chi connectivity index (χ0) is 32.5. The van der Waals surface area contributed by atoms with Crippen LogP contribution >= 0.6 is 22.6 Å². The zero-order valence-corrected chi connectivity index (χ0v) is 27.7. The second-order valence-corrected chi connectivity index (χ2v) is 13.1. The molecule has 2 N–H and O–H groups in total. The number of nitrogens with one attached hydrogen (secondary N) is 2. The van der Waals surface area contributed by atoms with Gasteiger partial charge in [-0.25, -0.2) is 18.6 Å². The van der Waals surface area contributed by atoms with Crippen molar-refractivity contribution in [2.24, 2.45) is 0 Å².